The average molecular weight is 449 g/mol. The van der Waals surface area contributed by atoms with Crippen LogP contribution in [-0.4, -0.2) is 43.0 Å². The molecule has 0 saturated carbocycles. The average Bonchev–Trinajstić information content (AvgIpc) is 2.84. The number of halogens is 1. The van der Waals surface area contributed by atoms with E-state index in [-0.39, 0.29) is 30.6 Å². The molecule has 5 nitrogen and oxygen atoms in total. The smallest absolute Gasteiger partial charge is 0.243 e. The maximum absolute atomic E-state index is 13.5. The van der Waals surface area contributed by atoms with Crippen molar-refractivity contribution in [3.8, 4) is 0 Å². The lowest BCUT2D eigenvalue weighted by atomic mass is 10.0. The van der Waals surface area contributed by atoms with Gasteiger partial charge >= 0.3 is 0 Å². The van der Waals surface area contributed by atoms with E-state index in [2.05, 4.69) is 5.32 Å². The molecule has 3 rings (SSSR count). The Labute approximate surface area is 194 Å². The third-order valence-electron chi connectivity index (χ3n) is 5.34. The quantitative estimate of drug-likeness (QED) is 0.455. The number of hydrogen-bond acceptors (Lipinski definition) is 3. The Kier molecular flexibility index (Phi) is 9.15. The van der Waals surface area contributed by atoms with Gasteiger partial charge in [-0.05, 0) is 28.8 Å². The van der Waals surface area contributed by atoms with E-state index in [0.717, 1.165) is 16.7 Å². The zero-order valence-electron chi connectivity index (χ0n) is 18.7. The van der Waals surface area contributed by atoms with Gasteiger partial charge < -0.3 is 15.0 Å². The molecule has 0 bridgehead atoms. The number of methoxy groups -OCH3 is 1. The van der Waals surface area contributed by atoms with Crippen molar-refractivity contribution >= 4 is 11.8 Å². The van der Waals surface area contributed by atoms with E-state index < -0.39 is 6.04 Å². The maximum atomic E-state index is 13.5. The van der Waals surface area contributed by atoms with Gasteiger partial charge in [0.15, 0.2) is 0 Å². The predicted octanol–water partition coefficient (Wildman–Crippen LogP) is 3.77. The molecule has 0 spiro atoms. The van der Waals surface area contributed by atoms with Crippen LogP contribution in [0.3, 0.4) is 0 Å². The minimum atomic E-state index is -0.731. The van der Waals surface area contributed by atoms with Crippen molar-refractivity contribution in [3.05, 3.63) is 107 Å². The SMILES string of the molecule is COCCNC(=O)[C@@H](Cc1ccccc1)N(Cc1ccc(F)cc1)C(=O)Cc1ccccc1. The van der Waals surface area contributed by atoms with Crippen LogP contribution in [0.5, 0.6) is 0 Å². The lowest BCUT2D eigenvalue weighted by molar-refractivity contribution is -0.140. The zero-order chi connectivity index (χ0) is 23.5. The Morgan fingerprint density at radius 2 is 1.48 bits per heavy atom. The summed E-state index contributed by atoms with van der Waals surface area (Å²) in [5.74, 6) is -0.771. The number of amides is 2. The van der Waals surface area contributed by atoms with Gasteiger partial charge in [0.1, 0.15) is 11.9 Å². The molecule has 0 unspecified atom stereocenters. The number of benzene rings is 3. The van der Waals surface area contributed by atoms with E-state index in [0.29, 0.717) is 19.6 Å². The van der Waals surface area contributed by atoms with Gasteiger partial charge in [0.05, 0.1) is 13.0 Å². The molecule has 6 heteroatoms. The first-order valence-electron chi connectivity index (χ1n) is 10.9. The summed E-state index contributed by atoms with van der Waals surface area (Å²) in [6.45, 7) is 0.915. The maximum Gasteiger partial charge on any atom is 0.243 e. The fraction of sp³-hybridized carbons (Fsp3) is 0.259. The molecule has 1 N–H and O–H groups in total. The van der Waals surface area contributed by atoms with Crippen LogP contribution in [0.1, 0.15) is 16.7 Å². The summed E-state index contributed by atoms with van der Waals surface area (Å²) in [4.78, 5) is 28.3. The fourth-order valence-electron chi connectivity index (χ4n) is 3.61. The summed E-state index contributed by atoms with van der Waals surface area (Å²) in [6.07, 6.45) is 0.528. The molecule has 0 aliphatic rings. The number of nitrogens with one attached hydrogen (secondary N) is 1. The molecule has 0 aliphatic heterocycles. The molecule has 3 aromatic rings. The monoisotopic (exact) mass is 448 g/mol. The Bertz CT molecular complexity index is 1010. The van der Waals surface area contributed by atoms with E-state index >= 15 is 0 Å². The highest BCUT2D eigenvalue weighted by atomic mass is 19.1. The minimum Gasteiger partial charge on any atom is -0.383 e. The Hall–Kier alpha value is -3.51. The molecule has 0 fully saturated rings. The molecular formula is C27H29FN2O3. The summed E-state index contributed by atoms with van der Waals surface area (Å²) in [6, 6.07) is 24.3. The number of hydrogen-bond donors (Lipinski definition) is 1. The summed E-state index contributed by atoms with van der Waals surface area (Å²) in [5.41, 5.74) is 2.56. The molecule has 0 radical (unpaired) electrons. The van der Waals surface area contributed by atoms with Gasteiger partial charge in [-0.25, -0.2) is 4.39 Å². The highest BCUT2D eigenvalue weighted by Crippen LogP contribution is 2.17. The van der Waals surface area contributed by atoms with E-state index in [4.69, 9.17) is 4.74 Å². The van der Waals surface area contributed by atoms with Gasteiger partial charge in [0, 0.05) is 26.6 Å². The summed E-state index contributed by atoms with van der Waals surface area (Å²) in [7, 11) is 1.57. The van der Waals surface area contributed by atoms with Crippen molar-refractivity contribution < 1.29 is 18.7 Å². The van der Waals surface area contributed by atoms with Crippen molar-refractivity contribution in [1.82, 2.24) is 10.2 Å². The van der Waals surface area contributed by atoms with E-state index in [9.17, 15) is 14.0 Å². The number of ether oxygens (including phenoxy) is 1. The molecule has 3 aromatic carbocycles. The second-order valence-corrected chi connectivity index (χ2v) is 7.80. The van der Waals surface area contributed by atoms with Crippen LogP contribution < -0.4 is 5.32 Å². The first-order valence-corrected chi connectivity index (χ1v) is 10.9. The van der Waals surface area contributed by atoms with Crippen LogP contribution in [0.15, 0.2) is 84.9 Å². The molecule has 0 aliphatic carbocycles. The van der Waals surface area contributed by atoms with E-state index in [1.54, 1.807) is 24.1 Å². The van der Waals surface area contributed by atoms with Crippen LogP contribution in [0.25, 0.3) is 0 Å². The van der Waals surface area contributed by atoms with Crippen LogP contribution in [-0.2, 0) is 33.7 Å². The third kappa shape index (κ3) is 7.54. The topological polar surface area (TPSA) is 58.6 Å². The van der Waals surface area contributed by atoms with Crippen molar-refractivity contribution in [1.29, 1.82) is 0 Å². The third-order valence-corrected chi connectivity index (χ3v) is 5.34. The molecule has 0 aromatic heterocycles. The molecule has 172 valence electrons. The van der Waals surface area contributed by atoms with Crippen LogP contribution >= 0.6 is 0 Å². The fourth-order valence-corrected chi connectivity index (χ4v) is 3.61. The van der Waals surface area contributed by atoms with Gasteiger partial charge in [0.2, 0.25) is 11.8 Å². The number of carbonyl (C=O) groups excluding carboxylic acids is 2. The summed E-state index contributed by atoms with van der Waals surface area (Å²) < 4.78 is 18.5. The first-order chi connectivity index (χ1) is 16.1. The van der Waals surface area contributed by atoms with Crippen molar-refractivity contribution in [3.63, 3.8) is 0 Å². The molecule has 2 amide bonds. The highest BCUT2D eigenvalue weighted by Gasteiger charge is 2.30. The second-order valence-electron chi connectivity index (χ2n) is 7.80. The standard InChI is InChI=1S/C27H29FN2O3/c1-33-17-16-29-27(32)25(18-21-8-4-2-5-9-21)30(20-23-12-14-24(28)15-13-23)26(31)19-22-10-6-3-7-11-22/h2-15,25H,16-20H2,1H3,(H,29,32)/t25-/m1/s1. The van der Waals surface area contributed by atoms with E-state index in [1.165, 1.54) is 12.1 Å². The van der Waals surface area contributed by atoms with Crippen LogP contribution in [0.2, 0.25) is 0 Å². The van der Waals surface area contributed by atoms with Gasteiger partial charge in [-0.2, -0.15) is 0 Å². The predicted molar refractivity (Wildman–Crippen MR) is 126 cm³/mol. The Morgan fingerprint density at radius 1 is 0.879 bits per heavy atom. The summed E-state index contributed by atoms with van der Waals surface area (Å²) >= 11 is 0. The normalized spacial score (nSPS) is 11.6. The first kappa shape index (κ1) is 24.1. The minimum absolute atomic E-state index is 0.165. The van der Waals surface area contributed by atoms with Gasteiger partial charge in [0.25, 0.3) is 0 Å². The van der Waals surface area contributed by atoms with Gasteiger partial charge in [-0.3, -0.25) is 9.59 Å². The van der Waals surface area contributed by atoms with Crippen LogP contribution in [0, 0.1) is 5.82 Å². The molecular weight excluding hydrogens is 419 g/mol. The molecule has 0 saturated heterocycles. The zero-order valence-corrected chi connectivity index (χ0v) is 18.7. The van der Waals surface area contributed by atoms with Crippen LogP contribution in [0.4, 0.5) is 4.39 Å². The lowest BCUT2D eigenvalue weighted by Crippen LogP contribution is -2.51. The second kappa shape index (κ2) is 12.5. The van der Waals surface area contributed by atoms with Gasteiger partial charge in [-0.15, -0.1) is 0 Å². The summed E-state index contributed by atoms with van der Waals surface area (Å²) in [5, 5.41) is 2.88. The largest absolute Gasteiger partial charge is 0.383 e. The lowest BCUT2D eigenvalue weighted by Gasteiger charge is -2.31. The van der Waals surface area contributed by atoms with Crippen molar-refractivity contribution in [2.75, 3.05) is 20.3 Å². The number of rotatable bonds is 11. The Morgan fingerprint density at radius 3 is 2.09 bits per heavy atom. The van der Waals surface area contributed by atoms with Crippen molar-refractivity contribution in [2.24, 2.45) is 0 Å². The highest BCUT2D eigenvalue weighted by molar-refractivity contribution is 5.88. The van der Waals surface area contributed by atoms with E-state index in [1.807, 2.05) is 60.7 Å². The molecule has 1 atom stereocenters. The van der Waals surface area contributed by atoms with Crippen molar-refractivity contribution in [2.45, 2.75) is 25.4 Å². The molecule has 0 heterocycles. The Balaban J connectivity index is 1.91. The molecule has 33 heavy (non-hydrogen) atoms. The number of carbonyl (C=O) groups is 2. The van der Waals surface area contributed by atoms with Gasteiger partial charge in [-0.1, -0.05) is 72.8 Å². The number of nitrogens with zero attached hydrogens (tertiary/aromatic N) is 1.